The molecule has 4 aliphatic carbocycles. The molecule has 5 unspecified atom stereocenters. The third-order valence-corrected chi connectivity index (χ3v) is 18.6. The Morgan fingerprint density at radius 2 is 1.61 bits per heavy atom. The zero-order valence-corrected chi connectivity index (χ0v) is 40.1. The van der Waals surface area contributed by atoms with Crippen LogP contribution in [0, 0.1) is 58.0 Å². The number of esters is 1. The van der Waals surface area contributed by atoms with Crippen molar-refractivity contribution in [1.29, 1.82) is 0 Å². The first-order valence-corrected chi connectivity index (χ1v) is 25.4. The van der Waals surface area contributed by atoms with Crippen LogP contribution in [0.4, 0.5) is 8.78 Å². The summed E-state index contributed by atoms with van der Waals surface area (Å²) in [6, 6.07) is 2.32. The molecular formula is C51H72F2O16. The third-order valence-electron chi connectivity index (χ3n) is 18.6. The molecule has 1 spiro atoms. The van der Waals surface area contributed by atoms with E-state index in [0.29, 0.717) is 54.4 Å². The predicted molar refractivity (Wildman–Crippen MR) is 236 cm³/mol. The molecular weight excluding hydrogens is 907 g/mol. The minimum absolute atomic E-state index is 0.0312. The van der Waals surface area contributed by atoms with Crippen LogP contribution in [0.5, 0.6) is 0 Å². The second kappa shape index (κ2) is 19.2. The summed E-state index contributed by atoms with van der Waals surface area (Å²) >= 11 is 0. The molecule has 5 heterocycles. The number of carbonyl (C=O) groups is 1. The summed E-state index contributed by atoms with van der Waals surface area (Å²) in [4.78, 5) is 12.6. The second-order valence-corrected chi connectivity index (χ2v) is 22.5. The summed E-state index contributed by atoms with van der Waals surface area (Å²) in [5.74, 6) is -0.662. The number of carbonyl (C=O) groups excluding carboxylic acids is 1. The van der Waals surface area contributed by atoms with Crippen molar-refractivity contribution < 1.29 is 86.8 Å². The fourth-order valence-electron chi connectivity index (χ4n) is 14.7. The van der Waals surface area contributed by atoms with E-state index in [1.165, 1.54) is 5.57 Å². The van der Waals surface area contributed by atoms with E-state index in [1.807, 2.05) is 0 Å². The van der Waals surface area contributed by atoms with Gasteiger partial charge < -0.3 is 73.3 Å². The first-order valence-electron chi connectivity index (χ1n) is 25.4. The first kappa shape index (κ1) is 50.3. The zero-order valence-electron chi connectivity index (χ0n) is 40.1. The topological polar surface area (TPSA) is 222 Å². The SMILES string of the molecule is C[C@@H]1CC[C@@]2(OC1)OC1CC3C4CC=C5C[C@@H](O[C@@H]6O[C@H](CO)[C@@H](O[C@@H]7O[C@@H](COC(=O)c8ccc(F)cc8F)[C@H](O)[C@H]7O)[C@H](O)[C@H]6O[C@H]6C[C@H](O)[C@@H](O)[C@H](C)O6)CC[C@]5(C)C4CC[C@]3(C)C1[C@@H]2C. The van der Waals surface area contributed by atoms with E-state index in [-0.39, 0.29) is 29.5 Å². The fourth-order valence-corrected chi connectivity index (χ4v) is 14.7. The van der Waals surface area contributed by atoms with Crippen molar-refractivity contribution in [3.05, 3.63) is 47.0 Å². The molecule has 0 bridgehead atoms. The molecule has 3 saturated carbocycles. The van der Waals surface area contributed by atoms with Crippen molar-refractivity contribution in [1.82, 2.24) is 0 Å². The van der Waals surface area contributed by atoms with Gasteiger partial charge in [0.2, 0.25) is 0 Å². The van der Waals surface area contributed by atoms with Crippen molar-refractivity contribution >= 4 is 5.97 Å². The Bertz CT molecular complexity index is 2040. The van der Waals surface area contributed by atoms with Crippen LogP contribution in [0.3, 0.4) is 0 Å². The Hall–Kier alpha value is -2.27. The van der Waals surface area contributed by atoms with E-state index >= 15 is 0 Å². The van der Waals surface area contributed by atoms with Gasteiger partial charge in [0.1, 0.15) is 67.1 Å². The molecule has 1 aromatic rings. The van der Waals surface area contributed by atoms with Gasteiger partial charge in [-0.2, -0.15) is 0 Å². The van der Waals surface area contributed by atoms with E-state index in [9.17, 15) is 44.2 Å². The minimum Gasteiger partial charge on any atom is -0.459 e. The van der Waals surface area contributed by atoms with Gasteiger partial charge in [-0.25, -0.2) is 13.6 Å². The lowest BCUT2D eigenvalue weighted by Gasteiger charge is -2.58. The summed E-state index contributed by atoms with van der Waals surface area (Å²) in [6.45, 7) is 10.6. The van der Waals surface area contributed by atoms with Crippen LogP contribution >= 0.6 is 0 Å². The van der Waals surface area contributed by atoms with E-state index < -0.39 is 122 Å². The summed E-state index contributed by atoms with van der Waals surface area (Å²) < 4.78 is 83.5. The van der Waals surface area contributed by atoms with Crippen LogP contribution < -0.4 is 0 Å². The second-order valence-electron chi connectivity index (χ2n) is 22.5. The Morgan fingerprint density at radius 3 is 2.33 bits per heavy atom. The molecule has 9 aliphatic rings. The molecule has 8 fully saturated rings. The lowest BCUT2D eigenvalue weighted by atomic mass is 9.47. The van der Waals surface area contributed by atoms with Gasteiger partial charge in [0.25, 0.3) is 0 Å². The van der Waals surface area contributed by atoms with Gasteiger partial charge in [0.05, 0.1) is 43.2 Å². The number of benzene rings is 1. The van der Waals surface area contributed by atoms with Gasteiger partial charge in [0, 0.05) is 24.8 Å². The van der Waals surface area contributed by atoms with Crippen LogP contribution in [-0.4, -0.2) is 154 Å². The molecule has 16 nitrogen and oxygen atoms in total. The lowest BCUT2D eigenvalue weighted by Crippen LogP contribution is -2.63. The maximum absolute atomic E-state index is 14.2. The van der Waals surface area contributed by atoms with E-state index in [1.54, 1.807) is 6.92 Å². The van der Waals surface area contributed by atoms with Gasteiger partial charge in [0.15, 0.2) is 24.7 Å². The summed E-state index contributed by atoms with van der Waals surface area (Å²) in [6.07, 6.45) is -6.97. The smallest absolute Gasteiger partial charge is 0.341 e. The molecule has 0 aromatic heterocycles. The van der Waals surface area contributed by atoms with E-state index in [4.69, 9.17) is 42.6 Å². The quantitative estimate of drug-likeness (QED) is 0.144. The van der Waals surface area contributed by atoms with Crippen molar-refractivity contribution in [2.24, 2.45) is 46.3 Å². The van der Waals surface area contributed by atoms with E-state index in [0.717, 1.165) is 63.7 Å². The number of hydrogen-bond acceptors (Lipinski definition) is 16. The number of aliphatic hydroxyl groups excluding tert-OH is 6. The average molecular weight is 979 g/mol. The van der Waals surface area contributed by atoms with Crippen LogP contribution in [0.1, 0.15) is 109 Å². The summed E-state index contributed by atoms with van der Waals surface area (Å²) in [5, 5.41) is 65.8. The molecule has 69 heavy (non-hydrogen) atoms. The van der Waals surface area contributed by atoms with Crippen molar-refractivity contribution in [3.8, 4) is 0 Å². The van der Waals surface area contributed by atoms with Gasteiger partial charge in [-0.15, -0.1) is 0 Å². The molecule has 24 atom stereocenters. The molecule has 1 aromatic carbocycles. The highest BCUT2D eigenvalue weighted by Crippen LogP contribution is 2.70. The number of hydrogen-bond donors (Lipinski definition) is 6. The highest BCUT2D eigenvalue weighted by atomic mass is 19.1. The number of rotatable bonds is 10. The molecule has 0 radical (unpaired) electrons. The average Bonchev–Trinajstić information content (AvgIpc) is 3.87. The Morgan fingerprint density at radius 1 is 0.826 bits per heavy atom. The maximum atomic E-state index is 14.2. The van der Waals surface area contributed by atoms with Gasteiger partial charge in [-0.05, 0) is 111 Å². The highest BCUT2D eigenvalue weighted by molar-refractivity contribution is 5.89. The molecule has 0 amide bonds. The minimum atomic E-state index is -1.74. The largest absolute Gasteiger partial charge is 0.459 e. The first-order chi connectivity index (χ1) is 32.8. The van der Waals surface area contributed by atoms with Gasteiger partial charge in [-0.1, -0.05) is 39.3 Å². The van der Waals surface area contributed by atoms with Crippen molar-refractivity contribution in [3.63, 3.8) is 0 Å². The van der Waals surface area contributed by atoms with Crippen molar-refractivity contribution in [2.45, 2.75) is 197 Å². The Balaban J connectivity index is 0.820. The van der Waals surface area contributed by atoms with Crippen LogP contribution in [0.2, 0.25) is 0 Å². The number of halogens is 2. The van der Waals surface area contributed by atoms with Crippen LogP contribution in [0.25, 0.3) is 0 Å². The molecule has 386 valence electrons. The Labute approximate surface area is 401 Å². The Kier molecular flexibility index (Phi) is 14.0. The number of fused-ring (bicyclic) bond motifs is 7. The summed E-state index contributed by atoms with van der Waals surface area (Å²) in [5.41, 5.74) is 0.947. The number of aliphatic hydroxyl groups is 6. The lowest BCUT2D eigenvalue weighted by molar-refractivity contribution is -0.369. The van der Waals surface area contributed by atoms with Gasteiger partial charge in [-0.3, -0.25) is 0 Å². The molecule has 6 N–H and O–H groups in total. The maximum Gasteiger partial charge on any atom is 0.341 e. The number of ether oxygens (including phenoxy) is 9. The highest BCUT2D eigenvalue weighted by Gasteiger charge is 2.69. The molecule has 5 saturated heterocycles. The molecule has 10 rings (SSSR count). The van der Waals surface area contributed by atoms with Crippen LogP contribution in [0.15, 0.2) is 29.8 Å². The third kappa shape index (κ3) is 8.85. The molecule has 18 heteroatoms. The molecule has 5 aliphatic heterocycles. The van der Waals surface area contributed by atoms with E-state index in [2.05, 4.69) is 33.8 Å². The fraction of sp³-hybridized carbons (Fsp3) is 0.824. The number of allylic oxidation sites excluding steroid dienone is 1. The predicted octanol–water partition coefficient (Wildman–Crippen LogP) is 4.03. The monoisotopic (exact) mass is 978 g/mol. The standard InChI is InChI=1S/C51H72F2O16/c1-23-10-15-51(62-21-23)24(2)39-35(69-51)18-32-29-8-6-26-16-28(11-13-49(26,4)31(29)12-14-50(32,39)5)64-48-45(67-38-19-34(55)40(56)25(3)63-38)43(59)44(36(20-54)65-48)68-47-42(58)41(57)37(66-47)22-61-46(60)30-9-7-27(52)17-33(30)53/h6-7,9,17,23-25,28-29,31-32,34-45,47-48,54-59H,8,10-16,18-22H2,1-5H3/t23-,24+,25+,28+,29?,31?,32?,34+,35?,36-,37+,38+,39?,40+,41+,42-,43+,44-,45-,47+,48-,49+,50+,51-/m1/s1. The van der Waals surface area contributed by atoms with Crippen LogP contribution in [-0.2, 0) is 42.6 Å². The zero-order chi connectivity index (χ0) is 48.9. The van der Waals surface area contributed by atoms with Gasteiger partial charge >= 0.3 is 5.97 Å². The normalized spacial score (nSPS) is 50.5. The van der Waals surface area contributed by atoms with Crippen molar-refractivity contribution in [2.75, 3.05) is 19.8 Å². The summed E-state index contributed by atoms with van der Waals surface area (Å²) in [7, 11) is 0.